The average Bonchev–Trinajstić information content (AvgIpc) is 2.38. The van der Waals surface area contributed by atoms with Gasteiger partial charge >= 0.3 is 0 Å². The van der Waals surface area contributed by atoms with Crippen molar-refractivity contribution in [3.63, 3.8) is 0 Å². The maximum absolute atomic E-state index is 4.43. The molecule has 3 fully saturated rings. The molecule has 0 radical (unpaired) electrons. The normalized spacial score (nSPS) is 29.0. The number of aromatic nitrogens is 1. The van der Waals surface area contributed by atoms with Gasteiger partial charge in [0.2, 0.25) is 0 Å². The topological polar surface area (TPSA) is 19.4 Å². The number of pyridine rings is 1. The number of hydrogen-bond acceptors (Lipinski definition) is 3. The van der Waals surface area contributed by atoms with Crippen LogP contribution in [0.2, 0.25) is 0 Å². The zero-order chi connectivity index (χ0) is 11.7. The fraction of sp³-hybridized carbons (Fsp3) is 0.643. The van der Waals surface area contributed by atoms with Crippen molar-refractivity contribution < 1.29 is 0 Å². The summed E-state index contributed by atoms with van der Waals surface area (Å²) in [6.45, 7) is 7.10. The molecule has 0 N–H and O–H groups in total. The lowest BCUT2D eigenvalue weighted by molar-refractivity contribution is -0.0752. The van der Waals surface area contributed by atoms with Gasteiger partial charge in [0.25, 0.3) is 0 Å². The van der Waals surface area contributed by atoms with Crippen LogP contribution in [-0.4, -0.2) is 46.5 Å². The lowest BCUT2D eigenvalue weighted by Gasteiger charge is -2.56. The first kappa shape index (κ1) is 11.2. The van der Waals surface area contributed by atoms with E-state index in [1.54, 1.807) is 0 Å². The second-order valence-corrected chi connectivity index (χ2v) is 5.30. The van der Waals surface area contributed by atoms with Crippen molar-refractivity contribution in [1.82, 2.24) is 14.8 Å². The maximum Gasteiger partial charge on any atom is 0.0544 e. The van der Waals surface area contributed by atoms with E-state index in [9.17, 15) is 0 Å². The number of fused-ring (bicyclic) bond motifs is 2. The summed E-state index contributed by atoms with van der Waals surface area (Å²) < 4.78 is 0. The highest BCUT2D eigenvalue weighted by Crippen LogP contribution is 2.33. The molecule has 0 spiro atoms. The Morgan fingerprint density at radius 3 is 2.76 bits per heavy atom. The molecule has 3 aliphatic heterocycles. The van der Waals surface area contributed by atoms with Crippen molar-refractivity contribution in [3.8, 4) is 0 Å². The van der Waals surface area contributed by atoms with Gasteiger partial charge in [0.1, 0.15) is 0 Å². The molecule has 17 heavy (non-hydrogen) atoms. The second kappa shape index (κ2) is 4.75. The molecule has 4 heterocycles. The standard InChI is InChI=1S/C14H21N3/c1-2-7-16-10-13-8-14(11-16)17(13)9-12-5-3-4-6-15-12/h3-6,13-14H,2,7-11H2,1H3. The summed E-state index contributed by atoms with van der Waals surface area (Å²) >= 11 is 0. The Kier molecular flexibility index (Phi) is 3.12. The van der Waals surface area contributed by atoms with Gasteiger partial charge in [0, 0.05) is 37.9 Å². The van der Waals surface area contributed by atoms with Gasteiger partial charge in [-0.1, -0.05) is 13.0 Å². The van der Waals surface area contributed by atoms with Gasteiger partial charge in [-0.05, 0) is 31.5 Å². The summed E-state index contributed by atoms with van der Waals surface area (Å²) in [6.07, 6.45) is 4.57. The third kappa shape index (κ3) is 2.22. The quantitative estimate of drug-likeness (QED) is 0.787. The highest BCUT2D eigenvalue weighted by atomic mass is 15.4. The Morgan fingerprint density at radius 1 is 1.29 bits per heavy atom. The van der Waals surface area contributed by atoms with E-state index in [-0.39, 0.29) is 0 Å². The molecule has 3 saturated heterocycles. The molecule has 1 aromatic heterocycles. The van der Waals surface area contributed by atoms with Gasteiger partial charge in [0.15, 0.2) is 0 Å². The lowest BCUT2D eigenvalue weighted by atomic mass is 9.87. The lowest BCUT2D eigenvalue weighted by Crippen LogP contribution is -2.68. The second-order valence-electron chi connectivity index (χ2n) is 5.30. The highest BCUT2D eigenvalue weighted by molar-refractivity contribution is 5.08. The average molecular weight is 231 g/mol. The van der Waals surface area contributed by atoms with E-state index in [0.29, 0.717) is 0 Å². The molecule has 3 heteroatoms. The van der Waals surface area contributed by atoms with Crippen LogP contribution in [0.3, 0.4) is 0 Å². The summed E-state index contributed by atoms with van der Waals surface area (Å²) in [4.78, 5) is 9.68. The van der Waals surface area contributed by atoms with E-state index in [4.69, 9.17) is 0 Å². The number of nitrogens with zero attached hydrogens (tertiary/aromatic N) is 3. The summed E-state index contributed by atoms with van der Waals surface area (Å²) in [5, 5.41) is 0. The van der Waals surface area contributed by atoms with Crippen LogP contribution in [0.4, 0.5) is 0 Å². The Bertz CT molecular complexity index is 353. The molecule has 2 bridgehead atoms. The van der Waals surface area contributed by atoms with E-state index in [1.807, 2.05) is 12.3 Å². The van der Waals surface area contributed by atoms with Gasteiger partial charge in [-0.2, -0.15) is 0 Å². The van der Waals surface area contributed by atoms with E-state index >= 15 is 0 Å². The van der Waals surface area contributed by atoms with Crippen molar-refractivity contribution in [2.75, 3.05) is 19.6 Å². The van der Waals surface area contributed by atoms with E-state index in [2.05, 4.69) is 33.8 Å². The van der Waals surface area contributed by atoms with Crippen LogP contribution in [0.5, 0.6) is 0 Å². The van der Waals surface area contributed by atoms with Crippen LogP contribution < -0.4 is 0 Å². The van der Waals surface area contributed by atoms with Crippen molar-refractivity contribution in [2.45, 2.75) is 38.4 Å². The monoisotopic (exact) mass is 231 g/mol. The minimum Gasteiger partial charge on any atom is -0.300 e. The molecule has 2 atom stereocenters. The fourth-order valence-corrected chi connectivity index (χ4v) is 3.21. The molecule has 0 amide bonds. The molecule has 0 aromatic carbocycles. The molecule has 1 aromatic rings. The number of hydrogen-bond donors (Lipinski definition) is 0. The summed E-state index contributed by atoms with van der Waals surface area (Å²) in [5.41, 5.74) is 1.21. The van der Waals surface area contributed by atoms with Gasteiger partial charge in [-0.25, -0.2) is 0 Å². The molecule has 0 aliphatic carbocycles. The van der Waals surface area contributed by atoms with Gasteiger partial charge in [0.05, 0.1) is 5.69 Å². The zero-order valence-corrected chi connectivity index (χ0v) is 10.5. The fourth-order valence-electron chi connectivity index (χ4n) is 3.21. The van der Waals surface area contributed by atoms with Crippen molar-refractivity contribution >= 4 is 0 Å². The molecule has 4 rings (SSSR count). The van der Waals surface area contributed by atoms with E-state index < -0.39 is 0 Å². The Labute approximate surface area is 103 Å². The first-order valence-electron chi connectivity index (χ1n) is 6.75. The van der Waals surface area contributed by atoms with Gasteiger partial charge < -0.3 is 4.90 Å². The minimum atomic E-state index is 0.780. The largest absolute Gasteiger partial charge is 0.300 e. The molecular formula is C14H21N3. The molecule has 2 unspecified atom stereocenters. The van der Waals surface area contributed by atoms with Gasteiger partial charge in [-0.15, -0.1) is 0 Å². The molecule has 0 saturated carbocycles. The molecule has 3 nitrogen and oxygen atoms in total. The third-order valence-corrected chi connectivity index (χ3v) is 4.03. The van der Waals surface area contributed by atoms with Crippen LogP contribution in [0.1, 0.15) is 25.5 Å². The van der Waals surface area contributed by atoms with Crippen LogP contribution in [0.15, 0.2) is 24.4 Å². The third-order valence-electron chi connectivity index (χ3n) is 4.03. The smallest absolute Gasteiger partial charge is 0.0544 e. The van der Waals surface area contributed by atoms with Gasteiger partial charge in [-0.3, -0.25) is 9.88 Å². The molecule has 3 aliphatic rings. The predicted molar refractivity (Wildman–Crippen MR) is 68.7 cm³/mol. The Morgan fingerprint density at radius 2 is 2.12 bits per heavy atom. The maximum atomic E-state index is 4.43. The zero-order valence-electron chi connectivity index (χ0n) is 10.5. The van der Waals surface area contributed by atoms with Crippen LogP contribution in [-0.2, 0) is 6.54 Å². The van der Waals surface area contributed by atoms with Crippen LogP contribution >= 0.6 is 0 Å². The SMILES string of the molecule is CCCN1CC2CC(C1)N2Cc1ccccn1. The van der Waals surface area contributed by atoms with Crippen molar-refractivity contribution in [2.24, 2.45) is 0 Å². The first-order chi connectivity index (χ1) is 8.36. The highest BCUT2D eigenvalue weighted by Gasteiger charge is 2.43. The van der Waals surface area contributed by atoms with Crippen molar-refractivity contribution in [3.05, 3.63) is 30.1 Å². The molecular weight excluding hydrogens is 210 g/mol. The first-order valence-corrected chi connectivity index (χ1v) is 6.75. The summed E-state index contributed by atoms with van der Waals surface area (Å²) in [6, 6.07) is 7.77. The summed E-state index contributed by atoms with van der Waals surface area (Å²) in [7, 11) is 0. The van der Waals surface area contributed by atoms with E-state index in [0.717, 1.165) is 18.6 Å². The number of rotatable bonds is 4. The Hall–Kier alpha value is -0.930. The summed E-state index contributed by atoms with van der Waals surface area (Å²) in [5.74, 6) is 0. The predicted octanol–water partition coefficient (Wildman–Crippen LogP) is 1.75. The minimum absolute atomic E-state index is 0.780. The van der Waals surface area contributed by atoms with Crippen LogP contribution in [0.25, 0.3) is 0 Å². The molecule has 92 valence electrons. The van der Waals surface area contributed by atoms with Crippen molar-refractivity contribution in [1.29, 1.82) is 0 Å². The number of piperidine rings is 1. The number of piperazine rings is 1. The Balaban J connectivity index is 1.58. The van der Waals surface area contributed by atoms with Crippen LogP contribution in [0, 0.1) is 0 Å². The van der Waals surface area contributed by atoms with E-state index in [1.165, 1.54) is 38.2 Å².